The van der Waals surface area contributed by atoms with Crippen LogP contribution >= 0.6 is 0 Å². The van der Waals surface area contributed by atoms with Crippen LogP contribution in [0.2, 0.25) is 0 Å². The Bertz CT molecular complexity index is 1420. The topological polar surface area (TPSA) is 98.9 Å². The third-order valence-corrected chi connectivity index (χ3v) is 6.59. The zero-order chi connectivity index (χ0) is 23.1. The Hall–Kier alpha value is -3.72. The lowest BCUT2D eigenvalue weighted by Gasteiger charge is -2.25. The monoisotopic (exact) mass is 457 g/mol. The van der Waals surface area contributed by atoms with Gasteiger partial charge in [0.05, 0.1) is 0 Å². The van der Waals surface area contributed by atoms with Crippen LogP contribution in [0.15, 0.2) is 47.4 Å². The summed E-state index contributed by atoms with van der Waals surface area (Å²) in [6, 6.07) is 11.9. The highest BCUT2D eigenvalue weighted by Crippen LogP contribution is 2.26. The molecule has 0 atom stereocenters. The van der Waals surface area contributed by atoms with Crippen molar-refractivity contribution in [3.63, 3.8) is 0 Å². The van der Waals surface area contributed by atoms with Crippen molar-refractivity contribution in [3.05, 3.63) is 64.1 Å². The molecule has 3 aromatic heterocycles. The molecule has 4 heterocycles. The van der Waals surface area contributed by atoms with Crippen molar-refractivity contribution in [1.82, 2.24) is 29.6 Å². The van der Waals surface area contributed by atoms with E-state index in [2.05, 4.69) is 27.8 Å². The normalized spacial score (nSPS) is 15.7. The lowest BCUT2D eigenvalue weighted by molar-refractivity contribution is 0.114. The van der Waals surface area contributed by atoms with Crippen molar-refractivity contribution in [2.24, 2.45) is 0 Å². The zero-order valence-corrected chi connectivity index (χ0v) is 19.1. The van der Waals surface area contributed by atoms with E-state index < -0.39 is 0 Å². The van der Waals surface area contributed by atoms with Gasteiger partial charge in [0.1, 0.15) is 11.5 Å². The van der Waals surface area contributed by atoms with Crippen LogP contribution in [0.1, 0.15) is 37.3 Å². The molecule has 1 fully saturated rings. The van der Waals surface area contributed by atoms with Crippen LogP contribution in [0.4, 0.5) is 11.6 Å². The summed E-state index contributed by atoms with van der Waals surface area (Å²) >= 11 is 0. The second-order valence-electron chi connectivity index (χ2n) is 8.80. The van der Waals surface area contributed by atoms with Gasteiger partial charge in [-0.1, -0.05) is 12.1 Å². The number of ether oxygens (including phenoxy) is 1. The van der Waals surface area contributed by atoms with Gasteiger partial charge in [0.2, 0.25) is 11.8 Å². The molecule has 6 rings (SSSR count). The molecule has 0 saturated heterocycles. The quantitative estimate of drug-likeness (QED) is 0.458. The van der Waals surface area contributed by atoms with Crippen LogP contribution in [-0.2, 0) is 19.5 Å². The second-order valence-corrected chi connectivity index (χ2v) is 8.80. The number of aromatic nitrogens is 5. The summed E-state index contributed by atoms with van der Waals surface area (Å²) in [4.78, 5) is 26.9. The number of pyridine rings is 1. The highest BCUT2D eigenvalue weighted by molar-refractivity contribution is 5.77. The molecule has 2 aliphatic rings. The Morgan fingerprint density at radius 2 is 2.09 bits per heavy atom. The zero-order valence-electron chi connectivity index (χ0n) is 19.1. The smallest absolute Gasteiger partial charge is 0.278 e. The first-order valence-corrected chi connectivity index (χ1v) is 11.9. The van der Waals surface area contributed by atoms with E-state index in [-0.39, 0.29) is 11.7 Å². The largest absolute Gasteiger partial charge is 0.474 e. The molecule has 4 aromatic rings. The van der Waals surface area contributed by atoms with Crippen molar-refractivity contribution in [2.75, 3.05) is 11.9 Å². The van der Waals surface area contributed by atoms with Gasteiger partial charge in [-0.2, -0.15) is 9.97 Å². The Kier molecular flexibility index (Phi) is 5.26. The molecule has 1 aliphatic heterocycles. The SMILES string of the molecule is CCn1c(=O)c2cnc(Nc3ccc4c(c3)CNCC4)nc2n1-c1cccc(OC2CCC2)n1. The molecule has 34 heavy (non-hydrogen) atoms. The van der Waals surface area contributed by atoms with Crippen molar-refractivity contribution < 1.29 is 4.74 Å². The fourth-order valence-corrected chi connectivity index (χ4v) is 4.54. The average molecular weight is 458 g/mol. The predicted octanol–water partition coefficient (Wildman–Crippen LogP) is 3.32. The predicted molar refractivity (Wildman–Crippen MR) is 130 cm³/mol. The van der Waals surface area contributed by atoms with E-state index in [0.29, 0.717) is 35.2 Å². The summed E-state index contributed by atoms with van der Waals surface area (Å²) in [5, 5.41) is 7.16. The van der Waals surface area contributed by atoms with Crippen LogP contribution < -0.4 is 20.9 Å². The summed E-state index contributed by atoms with van der Waals surface area (Å²) < 4.78 is 9.38. The molecule has 0 bridgehead atoms. The first-order valence-electron chi connectivity index (χ1n) is 11.9. The van der Waals surface area contributed by atoms with E-state index in [1.807, 2.05) is 31.2 Å². The van der Waals surface area contributed by atoms with Crippen molar-refractivity contribution in [3.8, 4) is 11.7 Å². The number of hydrogen-bond acceptors (Lipinski definition) is 7. The second kappa shape index (κ2) is 8.57. The van der Waals surface area contributed by atoms with Crippen molar-refractivity contribution in [2.45, 2.75) is 51.8 Å². The molecule has 0 spiro atoms. The number of fused-ring (bicyclic) bond motifs is 2. The molecule has 1 aromatic carbocycles. The van der Waals surface area contributed by atoms with Gasteiger partial charge in [0.25, 0.3) is 5.56 Å². The summed E-state index contributed by atoms with van der Waals surface area (Å²) in [6.07, 6.45) is 6.14. The van der Waals surface area contributed by atoms with Gasteiger partial charge in [-0.05, 0) is 68.5 Å². The standard InChI is InChI=1S/C25H27N7O2/c1-2-31-24(33)20-15-27-25(28-18-10-9-16-11-12-26-14-17(16)13-18)30-23(20)32(31)21-7-4-8-22(29-21)34-19-5-3-6-19/h4,7-10,13,15,19,26H,2-3,5-6,11-12,14H2,1H3,(H,27,28,30). The summed E-state index contributed by atoms with van der Waals surface area (Å²) in [5.74, 6) is 1.59. The lowest BCUT2D eigenvalue weighted by atomic mass is 9.96. The third kappa shape index (κ3) is 3.71. The number of nitrogens with one attached hydrogen (secondary N) is 2. The third-order valence-electron chi connectivity index (χ3n) is 6.59. The number of benzene rings is 1. The molecule has 0 unspecified atom stereocenters. The van der Waals surface area contributed by atoms with Crippen LogP contribution in [0.3, 0.4) is 0 Å². The Balaban J connectivity index is 1.39. The van der Waals surface area contributed by atoms with E-state index in [1.165, 1.54) is 17.5 Å². The lowest BCUT2D eigenvalue weighted by Crippen LogP contribution is -2.25. The number of hydrogen-bond donors (Lipinski definition) is 2. The highest BCUT2D eigenvalue weighted by atomic mass is 16.5. The van der Waals surface area contributed by atoms with Gasteiger partial charge in [-0.25, -0.2) is 14.3 Å². The molecular weight excluding hydrogens is 430 g/mol. The highest BCUT2D eigenvalue weighted by Gasteiger charge is 2.21. The van der Waals surface area contributed by atoms with E-state index in [0.717, 1.165) is 38.0 Å². The maximum absolute atomic E-state index is 13.1. The Morgan fingerprint density at radius 3 is 2.91 bits per heavy atom. The average Bonchev–Trinajstić information content (AvgIpc) is 3.12. The number of rotatable bonds is 6. The van der Waals surface area contributed by atoms with Gasteiger partial charge in [-0.15, -0.1) is 0 Å². The molecular formula is C25H27N7O2. The van der Waals surface area contributed by atoms with E-state index >= 15 is 0 Å². The maximum Gasteiger partial charge on any atom is 0.278 e. The molecule has 0 radical (unpaired) electrons. The van der Waals surface area contributed by atoms with Gasteiger partial charge in [0.15, 0.2) is 11.5 Å². The molecule has 9 heteroatoms. The first-order chi connectivity index (χ1) is 16.7. The van der Waals surface area contributed by atoms with Gasteiger partial charge in [-0.3, -0.25) is 4.79 Å². The van der Waals surface area contributed by atoms with Crippen molar-refractivity contribution in [1.29, 1.82) is 0 Å². The van der Waals surface area contributed by atoms with Crippen LogP contribution in [0.5, 0.6) is 5.88 Å². The minimum Gasteiger partial charge on any atom is -0.474 e. The minimum atomic E-state index is -0.143. The molecule has 9 nitrogen and oxygen atoms in total. The molecule has 2 N–H and O–H groups in total. The fourth-order valence-electron chi connectivity index (χ4n) is 4.54. The fraction of sp³-hybridized carbons (Fsp3) is 0.360. The van der Waals surface area contributed by atoms with Crippen LogP contribution in [0.25, 0.3) is 16.9 Å². The molecule has 1 aliphatic carbocycles. The summed E-state index contributed by atoms with van der Waals surface area (Å²) in [6.45, 7) is 4.27. The Morgan fingerprint density at radius 1 is 1.18 bits per heavy atom. The maximum atomic E-state index is 13.1. The van der Waals surface area contributed by atoms with E-state index in [9.17, 15) is 4.79 Å². The van der Waals surface area contributed by atoms with Crippen LogP contribution in [0, 0.1) is 0 Å². The van der Waals surface area contributed by atoms with Gasteiger partial charge in [0, 0.05) is 31.0 Å². The summed E-state index contributed by atoms with van der Waals surface area (Å²) in [7, 11) is 0. The molecule has 1 saturated carbocycles. The van der Waals surface area contributed by atoms with Gasteiger partial charge < -0.3 is 15.4 Å². The van der Waals surface area contributed by atoms with Crippen LogP contribution in [-0.4, -0.2) is 37.0 Å². The number of anilines is 2. The molecule has 174 valence electrons. The van der Waals surface area contributed by atoms with E-state index in [1.54, 1.807) is 15.6 Å². The summed E-state index contributed by atoms with van der Waals surface area (Å²) in [5.41, 5.74) is 3.93. The first kappa shape index (κ1) is 20.9. The minimum absolute atomic E-state index is 0.143. The molecule has 0 amide bonds. The van der Waals surface area contributed by atoms with Gasteiger partial charge >= 0.3 is 0 Å². The van der Waals surface area contributed by atoms with Crippen molar-refractivity contribution >= 4 is 22.7 Å². The Labute approximate surface area is 196 Å². The number of nitrogens with zero attached hydrogens (tertiary/aromatic N) is 5. The van der Waals surface area contributed by atoms with E-state index in [4.69, 9.17) is 14.7 Å².